The highest BCUT2D eigenvalue weighted by Crippen LogP contribution is 2.22. The average molecular weight is 169 g/mol. The molecule has 70 valence electrons. The third-order valence-electron chi connectivity index (χ3n) is 1.99. The van der Waals surface area contributed by atoms with Gasteiger partial charge in [-0.3, -0.25) is 0 Å². The highest BCUT2D eigenvalue weighted by atomic mass is 15.3. The average Bonchev–Trinajstić information content (AvgIpc) is 2.61. The Morgan fingerprint density at radius 2 is 2.00 bits per heavy atom. The van der Waals surface area contributed by atoms with E-state index in [4.69, 9.17) is 0 Å². The molecule has 0 amide bonds. The molecule has 1 heterocycles. The molecule has 0 unspecified atom stereocenters. The fraction of sp³-hybridized carbons (Fsp3) is 0.778. The maximum atomic E-state index is 4.02. The second-order valence-electron chi connectivity index (χ2n) is 3.09. The first kappa shape index (κ1) is 11.1. The van der Waals surface area contributed by atoms with E-state index >= 15 is 0 Å². The van der Waals surface area contributed by atoms with Crippen molar-refractivity contribution in [3.8, 4) is 0 Å². The molecule has 12 heavy (non-hydrogen) atoms. The summed E-state index contributed by atoms with van der Waals surface area (Å²) >= 11 is 0. The number of H-pyrrole nitrogens is 1. The molecule has 1 aromatic heterocycles. The summed E-state index contributed by atoms with van der Waals surface area (Å²) in [5.74, 6) is 0. The van der Waals surface area contributed by atoms with Crippen molar-refractivity contribution < 1.29 is 0 Å². The van der Waals surface area contributed by atoms with Crippen molar-refractivity contribution in [1.82, 2.24) is 15.4 Å². The summed E-state index contributed by atoms with van der Waals surface area (Å²) < 4.78 is 0. The van der Waals surface area contributed by atoms with Crippen LogP contribution in [0.2, 0.25) is 0 Å². The van der Waals surface area contributed by atoms with E-state index < -0.39 is 0 Å². The Morgan fingerprint density at radius 1 is 1.42 bits per heavy atom. The molecule has 0 saturated heterocycles. The predicted molar refractivity (Wildman–Crippen MR) is 51.0 cm³/mol. The predicted octanol–water partition coefficient (Wildman–Crippen LogP) is 2.52. The van der Waals surface area contributed by atoms with Crippen LogP contribution in [0.3, 0.4) is 0 Å². The van der Waals surface area contributed by atoms with E-state index in [0.29, 0.717) is 0 Å². The number of hydrogen-bond acceptors (Lipinski definition) is 2. The fourth-order valence-corrected chi connectivity index (χ4v) is 0.709. The summed E-state index contributed by atoms with van der Waals surface area (Å²) in [6.45, 7) is 10.5. The van der Waals surface area contributed by atoms with Crippen LogP contribution in [0.1, 0.15) is 46.7 Å². The minimum absolute atomic E-state index is 0.160. The monoisotopic (exact) mass is 169 g/mol. The molecule has 0 aliphatic carbocycles. The molecule has 3 nitrogen and oxygen atoms in total. The second-order valence-corrected chi connectivity index (χ2v) is 3.09. The van der Waals surface area contributed by atoms with Crippen molar-refractivity contribution in [3.63, 3.8) is 0 Å². The molecule has 1 aromatic rings. The molecule has 0 atom stereocenters. The summed E-state index contributed by atoms with van der Waals surface area (Å²) in [6, 6.07) is 0. The zero-order valence-electron chi connectivity index (χ0n) is 8.68. The molecule has 0 aliphatic heterocycles. The first-order valence-electron chi connectivity index (χ1n) is 4.53. The van der Waals surface area contributed by atoms with Crippen LogP contribution in [0.25, 0.3) is 0 Å². The van der Waals surface area contributed by atoms with E-state index in [2.05, 4.69) is 36.2 Å². The van der Waals surface area contributed by atoms with Gasteiger partial charge in [0.1, 0.15) is 0 Å². The van der Waals surface area contributed by atoms with E-state index in [1.54, 1.807) is 6.20 Å². The van der Waals surface area contributed by atoms with Gasteiger partial charge in [0.2, 0.25) is 0 Å². The first-order chi connectivity index (χ1) is 5.67. The van der Waals surface area contributed by atoms with Gasteiger partial charge in [0.25, 0.3) is 0 Å². The Kier molecular flexibility index (Phi) is 4.55. The van der Waals surface area contributed by atoms with Crippen LogP contribution in [-0.2, 0) is 5.41 Å². The van der Waals surface area contributed by atoms with E-state index in [0.717, 1.165) is 12.1 Å². The number of aromatic nitrogens is 3. The molecule has 0 aromatic carbocycles. The van der Waals surface area contributed by atoms with Crippen LogP contribution in [0, 0.1) is 0 Å². The molecule has 0 bridgehead atoms. The fourth-order valence-electron chi connectivity index (χ4n) is 0.709. The topological polar surface area (TPSA) is 41.6 Å². The van der Waals surface area contributed by atoms with Crippen molar-refractivity contribution in [3.05, 3.63) is 11.9 Å². The van der Waals surface area contributed by atoms with Crippen LogP contribution < -0.4 is 0 Å². The molecular weight excluding hydrogens is 150 g/mol. The minimum atomic E-state index is 0.160. The second kappa shape index (κ2) is 4.91. The molecule has 0 spiro atoms. The summed E-state index contributed by atoms with van der Waals surface area (Å²) in [4.78, 5) is 0. The van der Waals surface area contributed by atoms with E-state index in [1.165, 1.54) is 0 Å². The Bertz CT molecular complexity index is 190. The van der Waals surface area contributed by atoms with Gasteiger partial charge in [0.15, 0.2) is 0 Å². The standard InChI is InChI=1S/C7H13N3.C2H6/c1-4-7(2,3)6-5-8-10-9-6;1-2/h5H,4H2,1-3H3,(H,8,9,10);1-2H3. The number of hydrogen-bond donors (Lipinski definition) is 1. The van der Waals surface area contributed by atoms with Crippen molar-refractivity contribution in [2.24, 2.45) is 0 Å². The lowest BCUT2D eigenvalue weighted by Gasteiger charge is -2.18. The Morgan fingerprint density at radius 3 is 2.33 bits per heavy atom. The maximum absolute atomic E-state index is 4.02. The van der Waals surface area contributed by atoms with Gasteiger partial charge in [0.05, 0.1) is 11.9 Å². The van der Waals surface area contributed by atoms with Crippen molar-refractivity contribution in [2.75, 3.05) is 0 Å². The summed E-state index contributed by atoms with van der Waals surface area (Å²) in [7, 11) is 0. The van der Waals surface area contributed by atoms with Crippen LogP contribution in [0.5, 0.6) is 0 Å². The van der Waals surface area contributed by atoms with Gasteiger partial charge in [-0.1, -0.05) is 34.6 Å². The molecule has 0 fully saturated rings. The number of rotatable bonds is 2. The molecule has 3 heteroatoms. The molecule has 1 rings (SSSR count). The van der Waals surface area contributed by atoms with Crippen LogP contribution in [0.15, 0.2) is 6.20 Å². The highest BCUT2D eigenvalue weighted by molar-refractivity contribution is 5.06. The van der Waals surface area contributed by atoms with Crippen LogP contribution >= 0.6 is 0 Å². The normalized spacial score (nSPS) is 10.4. The third-order valence-corrected chi connectivity index (χ3v) is 1.99. The summed E-state index contributed by atoms with van der Waals surface area (Å²) in [5, 5.41) is 10.4. The third kappa shape index (κ3) is 2.64. The Balaban J connectivity index is 0.000000561. The zero-order chi connectivity index (χ0) is 9.61. The van der Waals surface area contributed by atoms with Gasteiger partial charge < -0.3 is 0 Å². The van der Waals surface area contributed by atoms with Crippen molar-refractivity contribution in [1.29, 1.82) is 0 Å². The SMILES string of the molecule is CC.CCC(C)(C)c1cn[nH]n1. The largest absolute Gasteiger partial charge is 0.198 e. The number of nitrogens with zero attached hydrogens (tertiary/aromatic N) is 2. The lowest BCUT2D eigenvalue weighted by Crippen LogP contribution is -2.15. The first-order valence-corrected chi connectivity index (χ1v) is 4.53. The molecule has 0 saturated carbocycles. The van der Waals surface area contributed by atoms with Gasteiger partial charge in [-0.05, 0) is 6.42 Å². The zero-order valence-corrected chi connectivity index (χ0v) is 8.68. The quantitative estimate of drug-likeness (QED) is 0.739. The smallest absolute Gasteiger partial charge is 0.0880 e. The number of aromatic amines is 1. The molecule has 0 aliphatic rings. The van der Waals surface area contributed by atoms with E-state index in [-0.39, 0.29) is 5.41 Å². The van der Waals surface area contributed by atoms with Gasteiger partial charge >= 0.3 is 0 Å². The lowest BCUT2D eigenvalue weighted by molar-refractivity contribution is 0.489. The number of nitrogens with one attached hydrogen (secondary N) is 1. The summed E-state index contributed by atoms with van der Waals surface area (Å²) in [5.41, 5.74) is 1.20. The van der Waals surface area contributed by atoms with E-state index in [1.807, 2.05) is 13.8 Å². The Hall–Kier alpha value is -0.860. The van der Waals surface area contributed by atoms with Gasteiger partial charge in [0, 0.05) is 5.41 Å². The van der Waals surface area contributed by atoms with Gasteiger partial charge in [-0.25, -0.2) is 0 Å². The summed E-state index contributed by atoms with van der Waals surface area (Å²) in [6.07, 6.45) is 2.86. The molecule has 0 radical (unpaired) electrons. The van der Waals surface area contributed by atoms with Crippen LogP contribution in [-0.4, -0.2) is 15.4 Å². The van der Waals surface area contributed by atoms with Gasteiger partial charge in [-0.2, -0.15) is 15.4 Å². The Labute approximate surface area is 74.6 Å². The molecular formula is C9H19N3. The van der Waals surface area contributed by atoms with Crippen molar-refractivity contribution >= 4 is 0 Å². The van der Waals surface area contributed by atoms with Gasteiger partial charge in [-0.15, -0.1) is 0 Å². The maximum Gasteiger partial charge on any atom is 0.0880 e. The molecule has 1 N–H and O–H groups in total. The van der Waals surface area contributed by atoms with Crippen molar-refractivity contribution in [2.45, 2.75) is 46.5 Å². The highest BCUT2D eigenvalue weighted by Gasteiger charge is 2.20. The lowest BCUT2D eigenvalue weighted by atomic mass is 9.87. The van der Waals surface area contributed by atoms with Crippen LogP contribution in [0.4, 0.5) is 0 Å². The minimum Gasteiger partial charge on any atom is -0.198 e. The van der Waals surface area contributed by atoms with E-state index in [9.17, 15) is 0 Å².